The van der Waals surface area contributed by atoms with E-state index in [4.69, 9.17) is 16.3 Å². The van der Waals surface area contributed by atoms with Crippen LogP contribution >= 0.6 is 22.9 Å². The maximum absolute atomic E-state index is 13.0. The molecule has 0 spiro atoms. The zero-order valence-corrected chi connectivity index (χ0v) is 20.4. The van der Waals surface area contributed by atoms with E-state index in [0.717, 1.165) is 10.2 Å². The van der Waals surface area contributed by atoms with Gasteiger partial charge in [0, 0.05) is 30.2 Å². The molecule has 7 nitrogen and oxygen atoms in total. The number of ether oxygens (including phenoxy) is 1. The summed E-state index contributed by atoms with van der Waals surface area (Å²) in [6, 6.07) is 11.5. The highest BCUT2D eigenvalue weighted by molar-refractivity contribution is 7.89. The molecule has 1 aliphatic heterocycles. The second-order valence-electron chi connectivity index (χ2n) is 7.76. The zero-order valence-electron chi connectivity index (χ0n) is 18.0. The van der Waals surface area contributed by atoms with E-state index < -0.39 is 15.9 Å². The fourth-order valence-electron chi connectivity index (χ4n) is 3.83. The molecule has 32 heavy (non-hydrogen) atoms. The van der Waals surface area contributed by atoms with E-state index in [0.29, 0.717) is 35.0 Å². The van der Waals surface area contributed by atoms with Crippen LogP contribution in [0.4, 0.5) is 0 Å². The molecule has 0 aliphatic carbocycles. The summed E-state index contributed by atoms with van der Waals surface area (Å²) in [6.07, 6.45) is -0.343. The Morgan fingerprint density at radius 1 is 1.16 bits per heavy atom. The number of thiazole rings is 1. The van der Waals surface area contributed by atoms with Crippen LogP contribution in [0.25, 0.3) is 10.2 Å². The van der Waals surface area contributed by atoms with Crippen LogP contribution in [0.3, 0.4) is 0 Å². The van der Waals surface area contributed by atoms with Crippen molar-refractivity contribution in [2.24, 2.45) is 4.99 Å². The molecular weight excluding hydrogens is 470 g/mol. The van der Waals surface area contributed by atoms with Gasteiger partial charge in [0.05, 0.1) is 27.3 Å². The first-order valence-electron chi connectivity index (χ1n) is 10.3. The zero-order chi connectivity index (χ0) is 23.0. The van der Waals surface area contributed by atoms with Gasteiger partial charge in [0.2, 0.25) is 10.0 Å². The second kappa shape index (κ2) is 9.07. The number of halogens is 1. The predicted molar refractivity (Wildman–Crippen MR) is 126 cm³/mol. The second-order valence-corrected chi connectivity index (χ2v) is 11.1. The first-order valence-corrected chi connectivity index (χ1v) is 13.0. The lowest BCUT2D eigenvalue weighted by Crippen LogP contribution is -2.48. The third-order valence-electron chi connectivity index (χ3n) is 5.28. The van der Waals surface area contributed by atoms with Crippen molar-refractivity contribution in [1.82, 2.24) is 8.87 Å². The summed E-state index contributed by atoms with van der Waals surface area (Å²) >= 11 is 7.48. The lowest BCUT2D eigenvalue weighted by molar-refractivity contribution is -0.0440. The van der Waals surface area contributed by atoms with Crippen molar-refractivity contribution < 1.29 is 17.9 Å². The summed E-state index contributed by atoms with van der Waals surface area (Å²) in [7, 11) is -3.66. The Balaban J connectivity index is 1.62. The van der Waals surface area contributed by atoms with E-state index in [1.54, 1.807) is 0 Å². The van der Waals surface area contributed by atoms with Crippen molar-refractivity contribution >= 4 is 49.1 Å². The first-order chi connectivity index (χ1) is 15.2. The summed E-state index contributed by atoms with van der Waals surface area (Å²) in [5.74, 6) is -0.428. The maximum atomic E-state index is 13.0. The van der Waals surface area contributed by atoms with Crippen LogP contribution in [0.15, 0.2) is 52.4 Å². The van der Waals surface area contributed by atoms with Crippen LogP contribution < -0.4 is 4.80 Å². The molecule has 2 heterocycles. The quantitative estimate of drug-likeness (QED) is 0.551. The highest BCUT2D eigenvalue weighted by Gasteiger charge is 2.32. The van der Waals surface area contributed by atoms with Crippen LogP contribution in [-0.4, -0.2) is 48.5 Å². The Labute approximate surface area is 196 Å². The van der Waals surface area contributed by atoms with Gasteiger partial charge in [-0.1, -0.05) is 22.9 Å². The third kappa shape index (κ3) is 4.53. The van der Waals surface area contributed by atoms with E-state index in [-0.39, 0.29) is 17.1 Å². The third-order valence-corrected chi connectivity index (χ3v) is 8.41. The van der Waals surface area contributed by atoms with Crippen molar-refractivity contribution in [2.75, 3.05) is 13.1 Å². The number of fused-ring (bicyclic) bond motifs is 1. The number of amides is 1. The van der Waals surface area contributed by atoms with Gasteiger partial charge in [-0.3, -0.25) is 4.79 Å². The van der Waals surface area contributed by atoms with Gasteiger partial charge >= 0.3 is 0 Å². The minimum Gasteiger partial charge on any atom is -0.373 e. The number of hydrogen-bond donors (Lipinski definition) is 0. The standard InChI is InChI=1S/C22H24ClN3O4S2/c1-4-26-19-10-7-17(23)11-20(19)31-22(26)24-21(27)16-5-8-18(9-6-16)32(28,29)25-12-14(2)30-15(3)13-25/h5-11,14-15H,4,12-13H2,1-3H3/t14-,15-/m0/s1. The Hall–Kier alpha value is -2.04. The monoisotopic (exact) mass is 493 g/mol. The summed E-state index contributed by atoms with van der Waals surface area (Å²) in [5, 5.41) is 0.626. The molecule has 0 bridgehead atoms. The average Bonchev–Trinajstić information content (AvgIpc) is 3.08. The smallest absolute Gasteiger partial charge is 0.279 e. The minimum absolute atomic E-state index is 0.149. The van der Waals surface area contributed by atoms with E-state index >= 15 is 0 Å². The Bertz CT molecular complexity index is 1320. The van der Waals surface area contributed by atoms with Gasteiger partial charge in [0.15, 0.2) is 4.80 Å². The molecule has 4 rings (SSSR count). The number of rotatable bonds is 4. The molecule has 1 aliphatic rings. The predicted octanol–water partition coefficient (Wildman–Crippen LogP) is 3.92. The molecule has 1 amide bonds. The summed E-state index contributed by atoms with van der Waals surface area (Å²) in [5.41, 5.74) is 1.29. The van der Waals surface area contributed by atoms with Gasteiger partial charge in [0.1, 0.15) is 0 Å². The van der Waals surface area contributed by atoms with Gasteiger partial charge in [0.25, 0.3) is 5.91 Å². The number of morpholine rings is 1. The molecule has 0 N–H and O–H groups in total. The number of aryl methyl sites for hydroxylation is 1. The van der Waals surface area contributed by atoms with Gasteiger partial charge in [-0.2, -0.15) is 9.30 Å². The van der Waals surface area contributed by atoms with E-state index in [1.807, 2.05) is 43.5 Å². The molecule has 2 aromatic carbocycles. The van der Waals surface area contributed by atoms with E-state index in [1.165, 1.54) is 39.9 Å². The lowest BCUT2D eigenvalue weighted by atomic mass is 10.2. The summed E-state index contributed by atoms with van der Waals surface area (Å²) in [6.45, 7) is 6.95. The molecule has 0 saturated carbocycles. The molecule has 3 aromatic rings. The number of hydrogen-bond acceptors (Lipinski definition) is 5. The molecule has 1 saturated heterocycles. The van der Waals surface area contributed by atoms with Crippen molar-refractivity contribution in [3.63, 3.8) is 0 Å². The fourth-order valence-corrected chi connectivity index (χ4v) is 6.79. The van der Waals surface area contributed by atoms with Crippen molar-refractivity contribution in [3.05, 3.63) is 57.9 Å². The van der Waals surface area contributed by atoms with E-state index in [9.17, 15) is 13.2 Å². The van der Waals surface area contributed by atoms with Gasteiger partial charge < -0.3 is 9.30 Å². The van der Waals surface area contributed by atoms with Crippen molar-refractivity contribution in [3.8, 4) is 0 Å². The average molecular weight is 494 g/mol. The van der Waals surface area contributed by atoms with Crippen LogP contribution in [0.2, 0.25) is 5.02 Å². The summed E-state index contributed by atoms with van der Waals surface area (Å²) < 4.78 is 36.0. The van der Waals surface area contributed by atoms with Crippen LogP contribution in [-0.2, 0) is 21.3 Å². The van der Waals surface area contributed by atoms with Gasteiger partial charge in [-0.05, 0) is 63.2 Å². The molecule has 0 unspecified atom stereocenters. The number of aromatic nitrogens is 1. The maximum Gasteiger partial charge on any atom is 0.279 e. The normalized spacial score (nSPS) is 20.7. The number of carbonyl (C=O) groups excluding carboxylic acids is 1. The highest BCUT2D eigenvalue weighted by atomic mass is 35.5. The first kappa shape index (κ1) is 23.1. The molecule has 1 fully saturated rings. The van der Waals surface area contributed by atoms with Crippen LogP contribution in [0.1, 0.15) is 31.1 Å². The van der Waals surface area contributed by atoms with Crippen molar-refractivity contribution in [2.45, 2.75) is 44.4 Å². The van der Waals surface area contributed by atoms with Crippen LogP contribution in [0.5, 0.6) is 0 Å². The number of sulfonamides is 1. The molecule has 2 atom stereocenters. The molecule has 10 heteroatoms. The Kier molecular flexibility index (Phi) is 6.56. The van der Waals surface area contributed by atoms with Crippen molar-refractivity contribution in [1.29, 1.82) is 0 Å². The highest BCUT2D eigenvalue weighted by Crippen LogP contribution is 2.23. The van der Waals surface area contributed by atoms with E-state index in [2.05, 4.69) is 4.99 Å². The lowest BCUT2D eigenvalue weighted by Gasteiger charge is -2.34. The number of benzene rings is 2. The minimum atomic E-state index is -3.66. The SMILES string of the molecule is CCn1c(=NC(=O)c2ccc(S(=O)(=O)N3C[C@H](C)O[C@@H](C)C3)cc2)sc2cc(Cl)ccc21. The molecule has 0 radical (unpaired) electrons. The Morgan fingerprint density at radius 2 is 1.81 bits per heavy atom. The molecular formula is C22H24ClN3O4S2. The number of carbonyl (C=O) groups is 1. The summed E-state index contributed by atoms with van der Waals surface area (Å²) in [4.78, 5) is 17.8. The van der Waals surface area contributed by atoms with Gasteiger partial charge in [-0.15, -0.1) is 0 Å². The van der Waals surface area contributed by atoms with Gasteiger partial charge in [-0.25, -0.2) is 8.42 Å². The number of nitrogens with zero attached hydrogens (tertiary/aromatic N) is 3. The Morgan fingerprint density at radius 3 is 2.44 bits per heavy atom. The topological polar surface area (TPSA) is 81.0 Å². The van der Waals surface area contributed by atoms with Crippen LogP contribution in [0, 0.1) is 0 Å². The molecule has 1 aromatic heterocycles. The molecule has 170 valence electrons. The largest absolute Gasteiger partial charge is 0.373 e. The fraction of sp³-hybridized carbons (Fsp3) is 0.364.